The van der Waals surface area contributed by atoms with Crippen molar-refractivity contribution in [3.63, 3.8) is 0 Å². The number of rotatable bonds is 7. The van der Waals surface area contributed by atoms with Gasteiger partial charge in [-0.25, -0.2) is 4.39 Å². The SMILES string of the molecule is CN(C1=C(c2ccc(F)cc2)C(=O)N(CCCN2CCOCC2)C1=O)c1ccccc1. The largest absolute Gasteiger partial charge is 0.379 e. The van der Waals surface area contributed by atoms with Crippen LogP contribution in [0.1, 0.15) is 12.0 Å². The molecule has 162 valence electrons. The summed E-state index contributed by atoms with van der Waals surface area (Å²) in [6, 6.07) is 15.1. The number of likely N-dealkylation sites (N-methyl/N-ethyl adjacent to an activating group) is 1. The molecule has 2 aliphatic heterocycles. The van der Waals surface area contributed by atoms with Crippen LogP contribution in [0.25, 0.3) is 5.57 Å². The van der Waals surface area contributed by atoms with E-state index in [1.807, 2.05) is 30.3 Å². The van der Waals surface area contributed by atoms with E-state index in [9.17, 15) is 14.0 Å². The molecule has 2 aliphatic rings. The van der Waals surface area contributed by atoms with E-state index in [0.29, 0.717) is 43.0 Å². The molecule has 0 aromatic heterocycles. The summed E-state index contributed by atoms with van der Waals surface area (Å²) in [5, 5.41) is 0. The topological polar surface area (TPSA) is 53.1 Å². The van der Waals surface area contributed by atoms with Gasteiger partial charge in [0.05, 0.1) is 18.8 Å². The minimum atomic E-state index is -0.388. The van der Waals surface area contributed by atoms with Crippen LogP contribution in [0, 0.1) is 5.82 Å². The maximum Gasteiger partial charge on any atom is 0.278 e. The van der Waals surface area contributed by atoms with Crippen LogP contribution >= 0.6 is 0 Å². The number of carbonyl (C=O) groups excluding carboxylic acids is 2. The highest BCUT2D eigenvalue weighted by Gasteiger charge is 2.40. The fourth-order valence-corrected chi connectivity index (χ4v) is 4.01. The molecule has 6 nitrogen and oxygen atoms in total. The van der Waals surface area contributed by atoms with Crippen molar-refractivity contribution in [1.82, 2.24) is 9.80 Å². The Hall–Kier alpha value is -3.03. The lowest BCUT2D eigenvalue weighted by Gasteiger charge is -2.27. The molecule has 7 heteroatoms. The molecule has 2 aromatic rings. The second-order valence-corrected chi connectivity index (χ2v) is 7.69. The molecule has 0 N–H and O–H groups in total. The quantitative estimate of drug-likeness (QED) is 0.641. The van der Waals surface area contributed by atoms with E-state index in [2.05, 4.69) is 4.90 Å². The van der Waals surface area contributed by atoms with Gasteiger partial charge in [-0.15, -0.1) is 0 Å². The van der Waals surface area contributed by atoms with Crippen LogP contribution in [0.4, 0.5) is 10.1 Å². The van der Waals surface area contributed by atoms with Crippen molar-refractivity contribution in [2.24, 2.45) is 0 Å². The summed E-state index contributed by atoms with van der Waals surface area (Å²) in [6.45, 7) is 4.29. The predicted octanol–water partition coefficient (Wildman–Crippen LogP) is 2.76. The second-order valence-electron chi connectivity index (χ2n) is 7.69. The van der Waals surface area contributed by atoms with Gasteiger partial charge in [0.25, 0.3) is 11.8 Å². The summed E-state index contributed by atoms with van der Waals surface area (Å²) in [5.41, 5.74) is 1.96. The van der Waals surface area contributed by atoms with Crippen molar-refractivity contribution in [2.75, 3.05) is 51.3 Å². The minimum Gasteiger partial charge on any atom is -0.379 e. The molecule has 4 rings (SSSR count). The second kappa shape index (κ2) is 9.41. The smallest absolute Gasteiger partial charge is 0.278 e. The first-order valence-corrected chi connectivity index (χ1v) is 10.5. The van der Waals surface area contributed by atoms with Crippen LogP contribution < -0.4 is 4.90 Å². The van der Waals surface area contributed by atoms with Crippen molar-refractivity contribution in [2.45, 2.75) is 6.42 Å². The van der Waals surface area contributed by atoms with Gasteiger partial charge in [0.15, 0.2) is 0 Å². The molecule has 0 bridgehead atoms. The van der Waals surface area contributed by atoms with E-state index < -0.39 is 0 Å². The van der Waals surface area contributed by atoms with Crippen LogP contribution in [0.5, 0.6) is 0 Å². The molecule has 2 heterocycles. The summed E-state index contributed by atoms with van der Waals surface area (Å²) in [7, 11) is 1.77. The van der Waals surface area contributed by atoms with E-state index in [1.54, 1.807) is 24.1 Å². The summed E-state index contributed by atoms with van der Waals surface area (Å²) in [4.78, 5) is 32.0. The number of carbonyl (C=O) groups is 2. The van der Waals surface area contributed by atoms with Crippen molar-refractivity contribution in [3.05, 3.63) is 71.7 Å². The lowest BCUT2D eigenvalue weighted by molar-refractivity contribution is -0.137. The number of imide groups is 1. The third kappa shape index (κ3) is 4.52. The van der Waals surface area contributed by atoms with Crippen LogP contribution in [0.2, 0.25) is 0 Å². The third-order valence-corrected chi connectivity index (χ3v) is 5.72. The van der Waals surface area contributed by atoms with Gasteiger partial charge >= 0.3 is 0 Å². The van der Waals surface area contributed by atoms with Crippen molar-refractivity contribution >= 4 is 23.1 Å². The van der Waals surface area contributed by atoms with Crippen molar-refractivity contribution < 1.29 is 18.7 Å². The number of benzene rings is 2. The maximum absolute atomic E-state index is 13.5. The van der Waals surface area contributed by atoms with Gasteiger partial charge in [-0.1, -0.05) is 30.3 Å². The molecular weight excluding hydrogens is 397 g/mol. The number of amides is 2. The van der Waals surface area contributed by atoms with Gasteiger partial charge in [0.2, 0.25) is 0 Å². The van der Waals surface area contributed by atoms with Gasteiger partial charge in [0, 0.05) is 38.9 Å². The Balaban J connectivity index is 1.59. The lowest BCUT2D eigenvalue weighted by Crippen LogP contribution is -2.40. The number of halogens is 1. The van der Waals surface area contributed by atoms with Crippen LogP contribution in [-0.2, 0) is 14.3 Å². The van der Waals surface area contributed by atoms with Gasteiger partial charge in [-0.2, -0.15) is 0 Å². The predicted molar refractivity (Wildman–Crippen MR) is 117 cm³/mol. The zero-order chi connectivity index (χ0) is 21.8. The maximum atomic E-state index is 13.5. The van der Waals surface area contributed by atoms with Gasteiger partial charge in [-0.3, -0.25) is 19.4 Å². The minimum absolute atomic E-state index is 0.308. The first-order chi connectivity index (χ1) is 15.1. The molecular formula is C24H26FN3O3. The van der Waals surface area contributed by atoms with E-state index in [-0.39, 0.29) is 17.6 Å². The van der Waals surface area contributed by atoms with Crippen LogP contribution in [0.3, 0.4) is 0 Å². The van der Waals surface area contributed by atoms with Crippen molar-refractivity contribution in [1.29, 1.82) is 0 Å². The number of anilines is 1. The summed E-state index contributed by atoms with van der Waals surface area (Å²) >= 11 is 0. The lowest BCUT2D eigenvalue weighted by atomic mass is 10.0. The number of nitrogens with zero attached hydrogens (tertiary/aromatic N) is 3. The molecule has 0 spiro atoms. The molecule has 2 amide bonds. The van der Waals surface area contributed by atoms with E-state index in [4.69, 9.17) is 4.74 Å². The molecule has 2 aromatic carbocycles. The molecule has 0 aliphatic carbocycles. The van der Waals surface area contributed by atoms with E-state index in [0.717, 1.165) is 25.3 Å². The zero-order valence-electron chi connectivity index (χ0n) is 17.6. The fourth-order valence-electron chi connectivity index (χ4n) is 4.01. The number of para-hydroxylation sites is 1. The van der Waals surface area contributed by atoms with Gasteiger partial charge < -0.3 is 9.64 Å². The molecule has 0 unspecified atom stereocenters. The number of hydrogen-bond donors (Lipinski definition) is 0. The highest BCUT2D eigenvalue weighted by molar-refractivity contribution is 6.36. The average Bonchev–Trinajstić information content (AvgIpc) is 3.05. The third-order valence-electron chi connectivity index (χ3n) is 5.72. The van der Waals surface area contributed by atoms with E-state index >= 15 is 0 Å². The standard InChI is InChI=1S/C24H26FN3O3/c1-26(20-6-3-2-4-7-20)22-21(18-8-10-19(25)11-9-18)23(29)28(24(22)30)13-5-12-27-14-16-31-17-15-27/h2-4,6-11H,5,12-17H2,1H3. The first-order valence-electron chi connectivity index (χ1n) is 10.5. The zero-order valence-corrected chi connectivity index (χ0v) is 17.6. The monoisotopic (exact) mass is 423 g/mol. The Morgan fingerprint density at radius 2 is 1.61 bits per heavy atom. The summed E-state index contributed by atoms with van der Waals surface area (Å²) in [5.74, 6) is -1.05. The van der Waals surface area contributed by atoms with Crippen LogP contribution in [0.15, 0.2) is 60.3 Å². The first kappa shape index (κ1) is 21.2. The average molecular weight is 423 g/mol. The molecule has 0 radical (unpaired) electrons. The van der Waals surface area contributed by atoms with Gasteiger partial charge in [-0.05, 0) is 36.2 Å². The van der Waals surface area contributed by atoms with Gasteiger partial charge in [0.1, 0.15) is 11.5 Å². The normalized spacial score (nSPS) is 17.5. The molecule has 1 saturated heterocycles. The molecule has 0 atom stereocenters. The highest BCUT2D eigenvalue weighted by atomic mass is 19.1. The Morgan fingerprint density at radius 1 is 0.935 bits per heavy atom. The highest BCUT2D eigenvalue weighted by Crippen LogP contribution is 2.33. The van der Waals surface area contributed by atoms with Crippen molar-refractivity contribution in [3.8, 4) is 0 Å². The Labute approximate surface area is 181 Å². The Bertz CT molecular complexity index is 969. The number of morpholine rings is 1. The number of hydrogen-bond acceptors (Lipinski definition) is 5. The van der Waals surface area contributed by atoms with E-state index in [1.165, 1.54) is 17.0 Å². The summed E-state index contributed by atoms with van der Waals surface area (Å²) < 4.78 is 18.9. The molecule has 1 fully saturated rings. The number of ether oxygens (including phenoxy) is 1. The summed E-state index contributed by atoms with van der Waals surface area (Å²) in [6.07, 6.45) is 0.691. The molecule has 0 saturated carbocycles. The molecule has 31 heavy (non-hydrogen) atoms. The Kier molecular flexibility index (Phi) is 6.44. The fraction of sp³-hybridized carbons (Fsp3) is 0.333. The Morgan fingerprint density at radius 3 is 2.29 bits per heavy atom. The van der Waals surface area contributed by atoms with Crippen LogP contribution in [-0.4, -0.2) is 68.1 Å².